The van der Waals surface area contributed by atoms with Gasteiger partial charge in [0, 0.05) is 42.3 Å². The fraction of sp³-hybridized carbons (Fsp3) is 0.0455. The Morgan fingerprint density at radius 1 is 0.968 bits per heavy atom. The third-order valence-corrected chi connectivity index (χ3v) is 5.18. The molecule has 0 amide bonds. The highest BCUT2D eigenvalue weighted by atomic mass is 19.1. The number of aromatic nitrogens is 8. The van der Waals surface area contributed by atoms with Crippen LogP contribution in [0.4, 0.5) is 4.39 Å². The molecule has 0 fully saturated rings. The molecule has 5 heterocycles. The number of halogens is 1. The van der Waals surface area contributed by atoms with Crippen molar-refractivity contribution in [3.63, 3.8) is 0 Å². The first-order chi connectivity index (χ1) is 15.2. The van der Waals surface area contributed by atoms with Crippen LogP contribution in [-0.4, -0.2) is 39.9 Å². The maximum Gasteiger partial charge on any atom is 0.159 e. The third-order valence-electron chi connectivity index (χ3n) is 5.18. The van der Waals surface area contributed by atoms with Gasteiger partial charge in [0.05, 0.1) is 22.8 Å². The standard InChI is InChI=1S/C22H15FN8/c1-31-11-14(10-26-31)13-8-16-19(29-30-21(16)25-9-13)22-27-17-5-6-24-18(20(17)28-22)12-3-2-4-15(23)7-12/h2-11H,1H3,(H,27,28)(H,25,29,30). The minimum Gasteiger partial charge on any atom is -0.336 e. The predicted molar refractivity (Wildman–Crippen MR) is 114 cm³/mol. The Bertz CT molecular complexity index is 1580. The number of aryl methyl sites for hydroxylation is 1. The minimum absolute atomic E-state index is 0.320. The second-order valence-electron chi connectivity index (χ2n) is 7.25. The van der Waals surface area contributed by atoms with Gasteiger partial charge >= 0.3 is 0 Å². The maximum atomic E-state index is 13.8. The van der Waals surface area contributed by atoms with Gasteiger partial charge in [-0.2, -0.15) is 10.2 Å². The summed E-state index contributed by atoms with van der Waals surface area (Å²) in [6.45, 7) is 0. The Labute approximate surface area is 174 Å². The molecule has 0 radical (unpaired) electrons. The Morgan fingerprint density at radius 2 is 1.90 bits per heavy atom. The Morgan fingerprint density at radius 3 is 2.74 bits per heavy atom. The number of imidazole rings is 1. The lowest BCUT2D eigenvalue weighted by Gasteiger charge is -2.01. The van der Waals surface area contributed by atoms with Gasteiger partial charge in [0.1, 0.15) is 17.0 Å². The summed E-state index contributed by atoms with van der Waals surface area (Å²) in [6.07, 6.45) is 7.18. The number of nitrogens with one attached hydrogen (secondary N) is 2. The molecule has 31 heavy (non-hydrogen) atoms. The number of hydrogen-bond donors (Lipinski definition) is 2. The molecule has 0 atom stereocenters. The molecule has 150 valence electrons. The van der Waals surface area contributed by atoms with Crippen LogP contribution in [0.15, 0.2) is 61.2 Å². The van der Waals surface area contributed by atoms with Crippen molar-refractivity contribution in [2.45, 2.75) is 0 Å². The van der Waals surface area contributed by atoms with Crippen LogP contribution in [-0.2, 0) is 7.05 Å². The maximum absolute atomic E-state index is 13.8. The van der Waals surface area contributed by atoms with E-state index in [0.717, 1.165) is 22.0 Å². The van der Waals surface area contributed by atoms with Crippen molar-refractivity contribution >= 4 is 22.1 Å². The van der Waals surface area contributed by atoms with Gasteiger partial charge in [-0.3, -0.25) is 14.8 Å². The lowest BCUT2D eigenvalue weighted by atomic mass is 10.1. The van der Waals surface area contributed by atoms with Crippen molar-refractivity contribution in [2.75, 3.05) is 0 Å². The first-order valence-corrected chi connectivity index (χ1v) is 9.60. The summed E-state index contributed by atoms with van der Waals surface area (Å²) in [5.74, 6) is 0.261. The number of fused-ring (bicyclic) bond motifs is 2. The monoisotopic (exact) mass is 410 g/mol. The number of aromatic amines is 2. The van der Waals surface area contributed by atoms with Crippen molar-refractivity contribution in [3.05, 3.63) is 67.0 Å². The number of benzene rings is 1. The van der Waals surface area contributed by atoms with Crippen molar-refractivity contribution < 1.29 is 4.39 Å². The molecule has 0 bridgehead atoms. The smallest absolute Gasteiger partial charge is 0.159 e. The average Bonchev–Trinajstić information content (AvgIpc) is 3.50. The van der Waals surface area contributed by atoms with Gasteiger partial charge in [-0.15, -0.1) is 0 Å². The molecule has 0 saturated carbocycles. The highest BCUT2D eigenvalue weighted by Crippen LogP contribution is 2.31. The summed E-state index contributed by atoms with van der Waals surface area (Å²) < 4.78 is 15.5. The van der Waals surface area contributed by atoms with Crippen LogP contribution in [0.2, 0.25) is 0 Å². The molecule has 1 aromatic carbocycles. The third kappa shape index (κ3) is 2.86. The SMILES string of the molecule is Cn1cc(-c2cnc3[nH]nc(-c4nc5c(-c6cccc(F)c6)nccc5[nH]4)c3c2)cn1. The second kappa shape index (κ2) is 6.56. The number of rotatable bonds is 3. The molecule has 2 N–H and O–H groups in total. The predicted octanol–water partition coefficient (Wildman–Crippen LogP) is 4.10. The second-order valence-corrected chi connectivity index (χ2v) is 7.25. The number of H-pyrrole nitrogens is 2. The Balaban J connectivity index is 1.51. The van der Waals surface area contributed by atoms with Gasteiger partial charge in [-0.1, -0.05) is 12.1 Å². The lowest BCUT2D eigenvalue weighted by Crippen LogP contribution is -1.86. The first kappa shape index (κ1) is 17.5. The molecular weight excluding hydrogens is 395 g/mol. The van der Waals surface area contributed by atoms with Crippen LogP contribution in [0, 0.1) is 5.82 Å². The molecule has 0 saturated heterocycles. The average molecular weight is 410 g/mol. The molecule has 6 rings (SSSR count). The summed E-state index contributed by atoms with van der Waals surface area (Å²) >= 11 is 0. The molecule has 0 aliphatic rings. The fourth-order valence-electron chi connectivity index (χ4n) is 3.71. The van der Waals surface area contributed by atoms with Crippen LogP contribution in [0.3, 0.4) is 0 Å². The van der Waals surface area contributed by atoms with Gasteiger partial charge in [0.25, 0.3) is 0 Å². The molecule has 0 aliphatic heterocycles. The normalized spacial score (nSPS) is 11.5. The van der Waals surface area contributed by atoms with Crippen molar-refractivity contribution in [1.82, 2.24) is 39.9 Å². The molecule has 0 unspecified atom stereocenters. The first-order valence-electron chi connectivity index (χ1n) is 9.60. The van der Waals surface area contributed by atoms with E-state index < -0.39 is 0 Å². The molecule has 6 aromatic rings. The van der Waals surface area contributed by atoms with Crippen LogP contribution in [0.25, 0.3) is 56.0 Å². The molecule has 0 aliphatic carbocycles. The zero-order valence-corrected chi connectivity index (χ0v) is 16.3. The molecule has 8 nitrogen and oxygen atoms in total. The van der Waals surface area contributed by atoms with E-state index in [2.05, 4.69) is 30.2 Å². The molecule has 0 spiro atoms. The highest BCUT2D eigenvalue weighted by Gasteiger charge is 2.17. The molecule has 9 heteroatoms. The zero-order valence-electron chi connectivity index (χ0n) is 16.3. The van der Waals surface area contributed by atoms with Crippen LogP contribution in [0.5, 0.6) is 0 Å². The van der Waals surface area contributed by atoms with Gasteiger partial charge in [0.15, 0.2) is 11.5 Å². The van der Waals surface area contributed by atoms with Gasteiger partial charge in [0.2, 0.25) is 0 Å². The Kier molecular flexibility index (Phi) is 3.69. The quantitative estimate of drug-likeness (QED) is 0.457. The summed E-state index contributed by atoms with van der Waals surface area (Å²) in [7, 11) is 1.87. The topological polar surface area (TPSA) is 101 Å². The van der Waals surface area contributed by atoms with E-state index in [0.29, 0.717) is 33.9 Å². The highest BCUT2D eigenvalue weighted by molar-refractivity contribution is 5.96. The summed E-state index contributed by atoms with van der Waals surface area (Å²) in [5, 5.41) is 12.5. The molecule has 5 aromatic heterocycles. The fourth-order valence-corrected chi connectivity index (χ4v) is 3.71. The van der Waals surface area contributed by atoms with Crippen LogP contribution in [0.1, 0.15) is 0 Å². The van der Waals surface area contributed by atoms with Crippen molar-refractivity contribution in [2.24, 2.45) is 7.05 Å². The Hall–Kier alpha value is -4.40. The van der Waals surface area contributed by atoms with Crippen LogP contribution >= 0.6 is 0 Å². The van der Waals surface area contributed by atoms with Gasteiger partial charge < -0.3 is 4.98 Å². The van der Waals surface area contributed by atoms with Gasteiger partial charge in [-0.25, -0.2) is 14.4 Å². The van der Waals surface area contributed by atoms with E-state index in [1.54, 1.807) is 29.3 Å². The summed E-state index contributed by atoms with van der Waals surface area (Å²) in [5.41, 5.74) is 5.91. The van der Waals surface area contributed by atoms with Gasteiger partial charge in [-0.05, 0) is 24.3 Å². The van der Waals surface area contributed by atoms with E-state index in [-0.39, 0.29) is 5.82 Å². The van der Waals surface area contributed by atoms with E-state index in [1.165, 1.54) is 12.1 Å². The van der Waals surface area contributed by atoms with E-state index >= 15 is 0 Å². The van der Waals surface area contributed by atoms with Crippen molar-refractivity contribution in [1.29, 1.82) is 0 Å². The van der Waals surface area contributed by atoms with E-state index in [4.69, 9.17) is 4.98 Å². The van der Waals surface area contributed by atoms with Crippen molar-refractivity contribution in [3.8, 4) is 33.9 Å². The minimum atomic E-state index is -0.320. The number of hydrogen-bond acceptors (Lipinski definition) is 5. The number of pyridine rings is 2. The van der Waals surface area contributed by atoms with Crippen LogP contribution < -0.4 is 0 Å². The summed E-state index contributed by atoms with van der Waals surface area (Å²) in [6, 6.07) is 10.2. The largest absolute Gasteiger partial charge is 0.336 e. The van der Waals surface area contributed by atoms with E-state index in [9.17, 15) is 4.39 Å². The zero-order chi connectivity index (χ0) is 20.9. The summed E-state index contributed by atoms with van der Waals surface area (Å²) in [4.78, 5) is 17.0. The molecular formula is C22H15FN8. The number of nitrogens with zero attached hydrogens (tertiary/aromatic N) is 6. The lowest BCUT2D eigenvalue weighted by molar-refractivity contribution is 0.628. The van der Waals surface area contributed by atoms with E-state index in [1.807, 2.05) is 31.4 Å².